The Hall–Kier alpha value is -1.88. The van der Waals surface area contributed by atoms with Crippen LogP contribution in [0.5, 0.6) is 0 Å². The van der Waals surface area contributed by atoms with E-state index in [1.165, 1.54) is 23.2 Å². The minimum Gasteiger partial charge on any atom is -0.363 e. The zero-order valence-corrected chi connectivity index (χ0v) is 13.7. The highest BCUT2D eigenvalue weighted by Gasteiger charge is 2.24. The number of nitrogens with one attached hydrogen (secondary N) is 2. The molecule has 5 heteroatoms. The maximum Gasteiger partial charge on any atom is 0.166 e. The number of thiocarbonyl (C=S) groups is 1. The summed E-state index contributed by atoms with van der Waals surface area (Å²) < 4.78 is 2.13. The van der Waals surface area contributed by atoms with Crippen molar-refractivity contribution in [2.24, 2.45) is 0 Å². The maximum absolute atomic E-state index is 5.33. The van der Waals surface area contributed by atoms with E-state index in [0.29, 0.717) is 0 Å². The summed E-state index contributed by atoms with van der Waals surface area (Å²) in [6, 6.07) is 10.8. The van der Waals surface area contributed by atoms with Crippen LogP contribution in [0.3, 0.4) is 0 Å². The van der Waals surface area contributed by atoms with Crippen LogP contribution in [0.25, 0.3) is 0 Å². The highest BCUT2D eigenvalue weighted by molar-refractivity contribution is 7.80. The number of aromatic nitrogens is 2. The Bertz CT molecular complexity index is 635. The molecule has 0 amide bonds. The molecule has 1 heterocycles. The highest BCUT2D eigenvalue weighted by Crippen LogP contribution is 2.29. The smallest absolute Gasteiger partial charge is 0.166 e. The van der Waals surface area contributed by atoms with Crippen molar-refractivity contribution in [3.8, 4) is 0 Å². The number of fused-ring (bicyclic) bond motifs is 1. The molecular weight excluding hydrogens is 292 g/mol. The van der Waals surface area contributed by atoms with E-state index < -0.39 is 0 Å². The van der Waals surface area contributed by atoms with E-state index in [1.807, 2.05) is 12.3 Å². The van der Waals surface area contributed by atoms with Gasteiger partial charge < -0.3 is 10.6 Å². The van der Waals surface area contributed by atoms with Crippen LogP contribution in [0.4, 0.5) is 0 Å². The minimum absolute atomic E-state index is 0.278. The van der Waals surface area contributed by atoms with Crippen molar-refractivity contribution in [2.45, 2.75) is 38.8 Å². The van der Waals surface area contributed by atoms with Crippen LogP contribution >= 0.6 is 12.2 Å². The molecule has 3 rings (SSSR count). The first-order chi connectivity index (χ1) is 10.8. The van der Waals surface area contributed by atoms with E-state index in [9.17, 15) is 0 Å². The largest absolute Gasteiger partial charge is 0.363 e. The lowest BCUT2D eigenvalue weighted by molar-refractivity contribution is 0.504. The Kier molecular flexibility index (Phi) is 4.73. The summed E-state index contributed by atoms with van der Waals surface area (Å²) in [6.45, 7) is 3.73. The molecule has 2 N–H and O–H groups in total. The Balaban J connectivity index is 1.77. The molecule has 116 valence electrons. The Morgan fingerprint density at radius 2 is 2.18 bits per heavy atom. The predicted molar refractivity (Wildman–Crippen MR) is 92.9 cm³/mol. The fraction of sp³-hybridized carbons (Fsp3) is 0.412. The predicted octanol–water partition coefficient (Wildman–Crippen LogP) is 2.79. The van der Waals surface area contributed by atoms with E-state index in [0.717, 1.165) is 31.0 Å². The van der Waals surface area contributed by atoms with Crippen molar-refractivity contribution in [1.82, 2.24) is 20.4 Å². The van der Waals surface area contributed by atoms with E-state index in [-0.39, 0.29) is 6.04 Å². The Morgan fingerprint density at radius 1 is 1.36 bits per heavy atom. The first-order valence-corrected chi connectivity index (χ1v) is 8.31. The number of hydrogen-bond donors (Lipinski definition) is 2. The van der Waals surface area contributed by atoms with E-state index in [4.69, 9.17) is 12.2 Å². The highest BCUT2D eigenvalue weighted by atomic mass is 32.1. The second kappa shape index (κ2) is 6.92. The van der Waals surface area contributed by atoms with Gasteiger partial charge in [0.25, 0.3) is 0 Å². The van der Waals surface area contributed by atoms with Gasteiger partial charge in [-0.1, -0.05) is 30.3 Å². The molecule has 2 aromatic rings. The lowest BCUT2D eigenvalue weighted by atomic mass is 9.93. The van der Waals surface area contributed by atoms with Crippen molar-refractivity contribution in [2.75, 3.05) is 6.54 Å². The number of nitrogens with zero attached hydrogens (tertiary/aromatic N) is 2. The molecule has 4 nitrogen and oxygen atoms in total. The van der Waals surface area contributed by atoms with Gasteiger partial charge in [0.05, 0.1) is 18.8 Å². The number of rotatable bonds is 4. The Labute approximate surface area is 136 Å². The summed E-state index contributed by atoms with van der Waals surface area (Å²) in [6.07, 6.45) is 5.37. The molecule has 1 aliphatic carbocycles. The van der Waals surface area contributed by atoms with Crippen molar-refractivity contribution >= 4 is 17.3 Å². The van der Waals surface area contributed by atoms with Crippen LogP contribution in [-0.4, -0.2) is 21.4 Å². The summed E-state index contributed by atoms with van der Waals surface area (Å²) in [5, 5.41) is 11.9. The standard InChI is InChI=1S/C17H22N4S/c1-2-18-17(22)20-15-9-6-10-16-14(15)11-19-21(16)12-13-7-4-3-5-8-13/h3-5,7-8,11,15H,2,6,9-10,12H2,1H3,(H2,18,20,22). The maximum atomic E-state index is 5.33. The molecule has 0 spiro atoms. The fourth-order valence-corrected chi connectivity index (χ4v) is 3.32. The van der Waals surface area contributed by atoms with Crippen LogP contribution in [0, 0.1) is 0 Å². The zero-order valence-electron chi connectivity index (χ0n) is 12.9. The van der Waals surface area contributed by atoms with Gasteiger partial charge in [0.15, 0.2) is 5.11 Å². The molecular formula is C17H22N4S. The number of hydrogen-bond acceptors (Lipinski definition) is 2. The van der Waals surface area contributed by atoms with Gasteiger partial charge in [-0.25, -0.2) is 0 Å². The molecule has 0 saturated carbocycles. The summed E-state index contributed by atoms with van der Waals surface area (Å²) in [5.41, 5.74) is 3.92. The average Bonchev–Trinajstić information content (AvgIpc) is 2.93. The Morgan fingerprint density at radius 3 is 2.95 bits per heavy atom. The van der Waals surface area contributed by atoms with Crippen molar-refractivity contribution in [1.29, 1.82) is 0 Å². The topological polar surface area (TPSA) is 41.9 Å². The molecule has 0 fully saturated rings. The minimum atomic E-state index is 0.278. The lowest BCUT2D eigenvalue weighted by Crippen LogP contribution is -2.38. The summed E-state index contributed by atoms with van der Waals surface area (Å²) in [5.74, 6) is 0. The molecule has 1 aliphatic rings. The van der Waals surface area contributed by atoms with Crippen LogP contribution in [0.1, 0.15) is 42.6 Å². The molecule has 1 atom stereocenters. The van der Waals surface area contributed by atoms with Crippen LogP contribution in [0.2, 0.25) is 0 Å². The SMILES string of the molecule is CCNC(=S)NC1CCCc2c1cnn2Cc1ccccc1. The third kappa shape index (κ3) is 3.30. The summed E-state index contributed by atoms with van der Waals surface area (Å²) in [4.78, 5) is 0. The van der Waals surface area contributed by atoms with E-state index >= 15 is 0 Å². The molecule has 0 radical (unpaired) electrons. The molecule has 1 unspecified atom stereocenters. The molecule has 1 aromatic heterocycles. The second-order valence-electron chi connectivity index (χ2n) is 5.64. The number of benzene rings is 1. The third-order valence-electron chi connectivity index (χ3n) is 4.08. The van der Waals surface area contributed by atoms with Crippen LogP contribution < -0.4 is 10.6 Å². The van der Waals surface area contributed by atoms with Gasteiger partial charge in [-0.3, -0.25) is 4.68 Å². The first kappa shape index (κ1) is 15.0. The quantitative estimate of drug-likeness (QED) is 0.852. The van der Waals surface area contributed by atoms with Gasteiger partial charge in [0.2, 0.25) is 0 Å². The zero-order chi connectivity index (χ0) is 15.4. The lowest BCUT2D eigenvalue weighted by Gasteiger charge is -2.25. The van der Waals surface area contributed by atoms with Crippen molar-refractivity contribution in [3.63, 3.8) is 0 Å². The molecule has 22 heavy (non-hydrogen) atoms. The average molecular weight is 314 g/mol. The van der Waals surface area contributed by atoms with E-state index in [2.05, 4.69) is 51.6 Å². The second-order valence-corrected chi connectivity index (χ2v) is 6.05. The molecule has 0 bridgehead atoms. The first-order valence-electron chi connectivity index (χ1n) is 7.90. The van der Waals surface area contributed by atoms with Crippen LogP contribution in [0.15, 0.2) is 36.5 Å². The van der Waals surface area contributed by atoms with Gasteiger partial charge in [-0.2, -0.15) is 5.10 Å². The molecule has 0 aliphatic heterocycles. The van der Waals surface area contributed by atoms with Crippen molar-refractivity contribution < 1.29 is 0 Å². The monoisotopic (exact) mass is 314 g/mol. The van der Waals surface area contributed by atoms with E-state index in [1.54, 1.807) is 0 Å². The van der Waals surface area contributed by atoms with Crippen molar-refractivity contribution in [3.05, 3.63) is 53.3 Å². The summed E-state index contributed by atoms with van der Waals surface area (Å²) in [7, 11) is 0. The van der Waals surface area contributed by atoms with Gasteiger partial charge in [0.1, 0.15) is 0 Å². The fourth-order valence-electron chi connectivity index (χ4n) is 3.03. The van der Waals surface area contributed by atoms with Gasteiger partial charge in [-0.15, -0.1) is 0 Å². The van der Waals surface area contributed by atoms with Gasteiger partial charge >= 0.3 is 0 Å². The third-order valence-corrected chi connectivity index (χ3v) is 4.34. The summed E-state index contributed by atoms with van der Waals surface area (Å²) >= 11 is 5.33. The van der Waals surface area contributed by atoms with Crippen LogP contribution in [-0.2, 0) is 13.0 Å². The van der Waals surface area contributed by atoms with Gasteiger partial charge in [0, 0.05) is 17.8 Å². The molecule has 0 saturated heterocycles. The molecule has 1 aromatic carbocycles. The van der Waals surface area contributed by atoms with Gasteiger partial charge in [-0.05, 0) is 44.0 Å². The normalized spacial score (nSPS) is 16.9.